The van der Waals surface area contributed by atoms with Gasteiger partial charge in [0.15, 0.2) is 5.75 Å². The van der Waals surface area contributed by atoms with Crippen molar-refractivity contribution in [3.8, 4) is 11.5 Å². The molecule has 9 heteroatoms. The number of carbonyl (C=O) groups is 2. The van der Waals surface area contributed by atoms with E-state index >= 15 is 4.11 Å². The van der Waals surface area contributed by atoms with Crippen molar-refractivity contribution in [2.24, 2.45) is 5.92 Å². The molecule has 7 nitrogen and oxygen atoms in total. The van der Waals surface area contributed by atoms with Crippen LogP contribution in [0.3, 0.4) is 0 Å². The summed E-state index contributed by atoms with van der Waals surface area (Å²) in [6.07, 6.45) is 1.43. The number of ether oxygens (including phenoxy) is 2. The van der Waals surface area contributed by atoms with Gasteiger partial charge in [0.1, 0.15) is 5.75 Å². The number of amides is 2. The molecule has 1 saturated heterocycles. The number of rotatable bonds is 8. The van der Waals surface area contributed by atoms with Crippen LogP contribution in [0.2, 0.25) is 18.6 Å². The molecule has 0 radical (unpaired) electrons. The first kappa shape index (κ1) is 33.2. The van der Waals surface area contributed by atoms with E-state index in [0.717, 1.165) is 22.4 Å². The molecule has 254 valence electrons. The molecule has 4 aromatic rings. The van der Waals surface area contributed by atoms with Crippen LogP contribution in [-0.2, 0) is 28.9 Å². The van der Waals surface area contributed by atoms with E-state index in [9.17, 15) is 14.7 Å². The topological polar surface area (TPSA) is 79.3 Å². The Morgan fingerprint density at radius 3 is 2.31 bits per heavy atom. The fourth-order valence-electron chi connectivity index (χ4n) is 8.09. The van der Waals surface area contributed by atoms with Gasteiger partial charge in [-0.3, -0.25) is 14.5 Å². The van der Waals surface area contributed by atoms with Crippen LogP contribution in [0, 0.1) is 5.92 Å². The largest absolute Gasteiger partial charge is 0.454 e. The number of fused-ring (bicyclic) bond motifs is 3. The molecule has 7 rings (SSSR count). The highest BCUT2D eigenvalue weighted by Gasteiger charge is 2.52. The molecule has 4 aromatic carbocycles. The minimum absolute atomic E-state index is 0.0363. The summed E-state index contributed by atoms with van der Waals surface area (Å²) in [5.41, 5.74) is 4.91. The smallest absolute Gasteiger partial charge is 0.266 e. The van der Waals surface area contributed by atoms with Crippen molar-refractivity contribution < 1.29 is 28.3 Å². The summed E-state index contributed by atoms with van der Waals surface area (Å²) in [7, 11) is -3.18. The van der Waals surface area contributed by atoms with Crippen molar-refractivity contribution in [3.63, 3.8) is 0 Å². The summed E-state index contributed by atoms with van der Waals surface area (Å²) in [4.78, 5) is 31.0. The first-order valence-corrected chi connectivity index (χ1v) is 20.2. The van der Waals surface area contributed by atoms with Gasteiger partial charge in [0.05, 0.1) is 42.5 Å². The van der Waals surface area contributed by atoms with Crippen molar-refractivity contribution >= 4 is 31.6 Å². The Balaban J connectivity index is 1.05. The van der Waals surface area contributed by atoms with Crippen LogP contribution in [0.1, 0.15) is 46.8 Å². The molecule has 49 heavy (non-hydrogen) atoms. The Bertz CT molecular complexity index is 1840. The number of hydrogen-bond acceptors (Lipinski definition) is 5. The fourth-order valence-corrected chi connectivity index (χ4v) is 10.6. The van der Waals surface area contributed by atoms with E-state index < -0.39 is 14.5 Å². The zero-order valence-electron chi connectivity index (χ0n) is 28.2. The monoisotopic (exact) mass is 678 g/mol. The number of hydrogen-bond donors (Lipinski definition) is 1. The summed E-state index contributed by atoms with van der Waals surface area (Å²) in [5.74, 6) is 0.840. The lowest BCUT2D eigenvalue weighted by Crippen LogP contribution is -2.48. The molecule has 2 amide bonds. The molecule has 3 heterocycles. The highest BCUT2D eigenvalue weighted by molar-refractivity contribution is 6.72. The zero-order chi connectivity index (χ0) is 34.3. The molecular formula is C40H43FN2O5Si. The summed E-state index contributed by atoms with van der Waals surface area (Å²) in [6.45, 7) is 5.82. The Hall–Kier alpha value is -4.31. The minimum atomic E-state index is -3.18. The van der Waals surface area contributed by atoms with Crippen LogP contribution in [0.4, 0.5) is 15.5 Å². The Kier molecular flexibility index (Phi) is 9.17. The molecule has 1 N–H and O–H groups in total. The van der Waals surface area contributed by atoms with Crippen molar-refractivity contribution in [2.75, 3.05) is 11.5 Å². The lowest BCUT2D eigenvalue weighted by molar-refractivity contribution is -0.138. The van der Waals surface area contributed by atoms with Gasteiger partial charge < -0.3 is 23.6 Å². The number of benzene rings is 4. The van der Waals surface area contributed by atoms with Crippen LogP contribution in [0.15, 0.2) is 97.1 Å². The first-order valence-electron chi connectivity index (χ1n) is 17.2. The summed E-state index contributed by atoms with van der Waals surface area (Å²) in [5, 5.41) is 10.1. The molecule has 0 saturated carbocycles. The number of anilines is 2. The maximum atomic E-state index is 15.9. The van der Waals surface area contributed by atoms with Crippen LogP contribution in [-0.4, -0.2) is 55.1 Å². The number of aliphatic hydroxyl groups excluding tert-OH is 1. The highest BCUT2D eigenvalue weighted by Crippen LogP contribution is 2.47. The van der Waals surface area contributed by atoms with E-state index in [1.807, 2.05) is 78.9 Å². The Labute approximate surface area is 288 Å². The number of aliphatic hydroxyl groups is 1. The summed E-state index contributed by atoms with van der Waals surface area (Å²) in [6, 6.07) is 30.5. The molecule has 3 aliphatic heterocycles. The normalized spacial score (nSPS) is 23.3. The average Bonchev–Trinajstić information content (AvgIpc) is 3.35. The van der Waals surface area contributed by atoms with E-state index in [-0.39, 0.29) is 48.4 Å². The van der Waals surface area contributed by atoms with Crippen molar-refractivity contribution in [1.29, 1.82) is 0 Å². The van der Waals surface area contributed by atoms with Crippen LogP contribution in [0.5, 0.6) is 11.5 Å². The second-order valence-corrected chi connectivity index (χ2v) is 17.9. The quantitative estimate of drug-likeness (QED) is 0.151. The van der Waals surface area contributed by atoms with Crippen molar-refractivity contribution in [2.45, 2.75) is 76.0 Å². The number of para-hydroxylation sites is 3. The second kappa shape index (κ2) is 13.5. The molecule has 0 spiro atoms. The van der Waals surface area contributed by atoms with E-state index in [1.54, 1.807) is 35.0 Å². The van der Waals surface area contributed by atoms with Crippen LogP contribution < -0.4 is 9.64 Å². The number of halogens is 1. The van der Waals surface area contributed by atoms with E-state index in [1.165, 1.54) is 0 Å². The lowest BCUT2D eigenvalue weighted by Gasteiger charge is -2.37. The van der Waals surface area contributed by atoms with E-state index in [4.69, 9.17) is 9.47 Å². The maximum Gasteiger partial charge on any atom is 0.266 e. The van der Waals surface area contributed by atoms with E-state index in [0.29, 0.717) is 48.6 Å². The van der Waals surface area contributed by atoms with Crippen molar-refractivity contribution in [1.82, 2.24) is 4.90 Å². The average molecular weight is 679 g/mol. The number of nitrogens with zero attached hydrogens (tertiary/aromatic N) is 2. The fraction of sp³-hybridized carbons (Fsp3) is 0.350. The van der Waals surface area contributed by atoms with Gasteiger partial charge in [0, 0.05) is 17.8 Å². The van der Waals surface area contributed by atoms with Gasteiger partial charge in [-0.05, 0) is 91.4 Å². The van der Waals surface area contributed by atoms with Gasteiger partial charge in [-0.25, -0.2) is 0 Å². The van der Waals surface area contributed by atoms with Gasteiger partial charge in [-0.15, -0.1) is 0 Å². The SMILES string of the molecule is C[C@H]1[C@H]([Si](C)(C)F)[C@@H](CC(=O)N2Cc3ccccc3C[C@H]2CO)O[C@H]1CCc1ccc(N2C(=O)c3ccccc3Oc3ccccc32)cc1. The highest BCUT2D eigenvalue weighted by atomic mass is 28.4. The summed E-state index contributed by atoms with van der Waals surface area (Å²) < 4.78 is 28.6. The van der Waals surface area contributed by atoms with E-state index in [2.05, 4.69) is 13.0 Å². The standard InChI is InChI=1S/C40H43FN2O5Si/c1-26-34(47-37(39(26)49(2,3)41)23-38(45)42-24-29-11-5-4-10-28(29)22-31(42)25-44)21-18-27-16-19-30(20-17-27)43-33-13-7-9-15-36(33)48-35-14-8-6-12-32(35)40(43)46/h4-17,19-20,26,31,34,37,39,44H,18,21-25H2,1-3H3/t26-,31+,34+,37-,39+/m1/s1. The van der Waals surface area contributed by atoms with Gasteiger partial charge in [0.25, 0.3) is 5.91 Å². The predicted octanol–water partition coefficient (Wildman–Crippen LogP) is 7.99. The molecule has 0 aliphatic carbocycles. The molecule has 3 aliphatic rings. The lowest BCUT2D eigenvalue weighted by atomic mass is 9.93. The third kappa shape index (κ3) is 6.55. The maximum absolute atomic E-state index is 15.9. The van der Waals surface area contributed by atoms with Gasteiger partial charge in [-0.1, -0.05) is 67.6 Å². The van der Waals surface area contributed by atoms with Gasteiger partial charge in [-0.2, -0.15) is 0 Å². The molecule has 1 fully saturated rings. The molecule has 0 bridgehead atoms. The minimum Gasteiger partial charge on any atom is -0.454 e. The molecule has 5 atom stereocenters. The number of carbonyl (C=O) groups excluding carboxylic acids is 2. The van der Waals surface area contributed by atoms with Gasteiger partial charge in [0.2, 0.25) is 14.3 Å². The third-order valence-electron chi connectivity index (χ3n) is 10.5. The Morgan fingerprint density at radius 1 is 0.898 bits per heavy atom. The van der Waals surface area contributed by atoms with Crippen LogP contribution in [0.25, 0.3) is 0 Å². The predicted molar refractivity (Wildman–Crippen MR) is 191 cm³/mol. The molecular weight excluding hydrogens is 636 g/mol. The summed E-state index contributed by atoms with van der Waals surface area (Å²) >= 11 is 0. The Morgan fingerprint density at radius 2 is 1.57 bits per heavy atom. The second-order valence-electron chi connectivity index (χ2n) is 14.1. The molecule has 0 aromatic heterocycles. The zero-order valence-corrected chi connectivity index (χ0v) is 29.2. The molecule has 0 unspecified atom stereocenters. The first-order chi connectivity index (χ1) is 23.6. The number of aryl methyl sites for hydroxylation is 1. The third-order valence-corrected chi connectivity index (χ3v) is 13.0. The van der Waals surface area contributed by atoms with Crippen LogP contribution >= 0.6 is 0 Å². The van der Waals surface area contributed by atoms with Gasteiger partial charge >= 0.3 is 0 Å². The van der Waals surface area contributed by atoms with Crippen molar-refractivity contribution in [3.05, 3.63) is 119 Å².